The van der Waals surface area contributed by atoms with Crippen LogP contribution in [0.15, 0.2) is 24.3 Å². The highest BCUT2D eigenvalue weighted by molar-refractivity contribution is 5.76. The fourth-order valence-corrected chi connectivity index (χ4v) is 2.12. The number of hydrogen-bond acceptors (Lipinski definition) is 2. The topological polar surface area (TPSA) is 41.1 Å². The number of hydrogen-bond donors (Lipinski definition) is 2. The van der Waals surface area contributed by atoms with Crippen LogP contribution < -0.4 is 10.6 Å². The first kappa shape index (κ1) is 14.1. The molecule has 0 saturated heterocycles. The summed E-state index contributed by atoms with van der Waals surface area (Å²) in [7, 11) is 0. The minimum absolute atomic E-state index is 0.160. The maximum Gasteiger partial charge on any atom is 0.220 e. The molecule has 3 heteroatoms. The van der Waals surface area contributed by atoms with Gasteiger partial charge in [-0.1, -0.05) is 29.8 Å². The van der Waals surface area contributed by atoms with E-state index in [9.17, 15) is 4.79 Å². The quantitative estimate of drug-likeness (QED) is 0.703. The normalized spacial score (nSPS) is 14.4. The van der Waals surface area contributed by atoms with Gasteiger partial charge in [-0.3, -0.25) is 4.79 Å². The van der Waals surface area contributed by atoms with Crippen LogP contribution in [-0.2, 0) is 11.2 Å². The van der Waals surface area contributed by atoms with E-state index in [1.807, 2.05) is 6.07 Å². The lowest BCUT2D eigenvalue weighted by molar-refractivity contribution is -0.121. The van der Waals surface area contributed by atoms with Crippen molar-refractivity contribution >= 4 is 5.91 Å². The van der Waals surface area contributed by atoms with Gasteiger partial charge in [-0.25, -0.2) is 0 Å². The van der Waals surface area contributed by atoms with Gasteiger partial charge in [0, 0.05) is 19.0 Å². The van der Waals surface area contributed by atoms with Gasteiger partial charge in [-0.15, -0.1) is 0 Å². The van der Waals surface area contributed by atoms with E-state index in [-0.39, 0.29) is 5.91 Å². The van der Waals surface area contributed by atoms with E-state index >= 15 is 0 Å². The predicted octanol–water partition coefficient (Wildman–Crippen LogP) is 2.19. The zero-order chi connectivity index (χ0) is 13.5. The highest BCUT2D eigenvalue weighted by Crippen LogP contribution is 2.18. The second-order valence-corrected chi connectivity index (χ2v) is 5.42. The first-order valence-electron chi connectivity index (χ1n) is 7.29. The lowest BCUT2D eigenvalue weighted by Crippen LogP contribution is -2.28. The van der Waals surface area contributed by atoms with Crippen LogP contribution in [0.5, 0.6) is 0 Å². The van der Waals surface area contributed by atoms with Gasteiger partial charge in [0.2, 0.25) is 5.91 Å². The molecule has 0 atom stereocenters. The maximum atomic E-state index is 11.7. The summed E-state index contributed by atoms with van der Waals surface area (Å²) in [4.78, 5) is 11.7. The van der Waals surface area contributed by atoms with E-state index in [0.29, 0.717) is 6.42 Å². The molecule has 0 radical (unpaired) electrons. The standard InChI is InChI=1S/C16H24N2O/c1-13-4-2-5-14(12-13)6-9-16(19)18-11-3-10-17-15-7-8-15/h2,4-5,12,15,17H,3,6-11H2,1H3,(H,18,19). The second-order valence-electron chi connectivity index (χ2n) is 5.42. The SMILES string of the molecule is Cc1cccc(CCC(=O)NCCCNC2CC2)c1. The molecule has 19 heavy (non-hydrogen) atoms. The van der Waals surface area contributed by atoms with Crippen LogP contribution in [0.25, 0.3) is 0 Å². The van der Waals surface area contributed by atoms with Crippen molar-refractivity contribution in [1.82, 2.24) is 10.6 Å². The van der Waals surface area contributed by atoms with Crippen molar-refractivity contribution in [2.75, 3.05) is 13.1 Å². The molecule has 0 aliphatic heterocycles. The van der Waals surface area contributed by atoms with E-state index in [1.165, 1.54) is 24.0 Å². The van der Waals surface area contributed by atoms with Crippen LogP contribution in [0, 0.1) is 6.92 Å². The summed E-state index contributed by atoms with van der Waals surface area (Å²) < 4.78 is 0. The van der Waals surface area contributed by atoms with Crippen molar-refractivity contribution < 1.29 is 4.79 Å². The summed E-state index contributed by atoms with van der Waals surface area (Å²) in [6.07, 6.45) is 5.08. The smallest absolute Gasteiger partial charge is 0.220 e. The molecule has 1 aromatic carbocycles. The lowest BCUT2D eigenvalue weighted by atomic mass is 10.1. The molecule has 0 unspecified atom stereocenters. The third-order valence-electron chi connectivity index (χ3n) is 3.41. The molecule has 2 rings (SSSR count). The first-order valence-corrected chi connectivity index (χ1v) is 7.29. The Morgan fingerprint density at radius 3 is 2.89 bits per heavy atom. The Bertz CT molecular complexity index is 413. The van der Waals surface area contributed by atoms with Crippen LogP contribution in [0.1, 0.15) is 36.8 Å². The molecule has 0 spiro atoms. The zero-order valence-electron chi connectivity index (χ0n) is 11.7. The number of aryl methyl sites for hydroxylation is 2. The third-order valence-corrected chi connectivity index (χ3v) is 3.41. The van der Waals surface area contributed by atoms with Crippen LogP contribution in [-0.4, -0.2) is 25.0 Å². The molecular formula is C16H24N2O. The third kappa shape index (κ3) is 5.88. The van der Waals surface area contributed by atoms with Gasteiger partial charge in [0.25, 0.3) is 0 Å². The number of rotatable bonds is 8. The molecule has 0 heterocycles. The van der Waals surface area contributed by atoms with Crippen molar-refractivity contribution in [3.05, 3.63) is 35.4 Å². The van der Waals surface area contributed by atoms with E-state index in [1.54, 1.807) is 0 Å². The molecule has 104 valence electrons. The molecule has 3 nitrogen and oxygen atoms in total. The van der Waals surface area contributed by atoms with Gasteiger partial charge < -0.3 is 10.6 Å². The summed E-state index contributed by atoms with van der Waals surface area (Å²) in [5.41, 5.74) is 2.50. The molecule has 2 N–H and O–H groups in total. The first-order chi connectivity index (χ1) is 9.24. The van der Waals surface area contributed by atoms with Crippen LogP contribution in [0.4, 0.5) is 0 Å². The molecule has 1 amide bonds. The van der Waals surface area contributed by atoms with Crippen molar-refractivity contribution in [2.45, 2.75) is 45.1 Å². The van der Waals surface area contributed by atoms with Gasteiger partial charge >= 0.3 is 0 Å². The highest BCUT2D eigenvalue weighted by Gasteiger charge is 2.19. The molecular weight excluding hydrogens is 236 g/mol. The molecule has 1 saturated carbocycles. The number of nitrogens with one attached hydrogen (secondary N) is 2. The van der Waals surface area contributed by atoms with E-state index in [2.05, 4.69) is 35.8 Å². The number of carbonyl (C=O) groups excluding carboxylic acids is 1. The van der Waals surface area contributed by atoms with Crippen LogP contribution in [0.2, 0.25) is 0 Å². The van der Waals surface area contributed by atoms with E-state index < -0.39 is 0 Å². The summed E-state index contributed by atoms with van der Waals surface area (Å²) in [5, 5.41) is 6.43. The summed E-state index contributed by atoms with van der Waals surface area (Å²) >= 11 is 0. The summed E-state index contributed by atoms with van der Waals surface area (Å²) in [5.74, 6) is 0.160. The van der Waals surface area contributed by atoms with E-state index in [4.69, 9.17) is 0 Å². The number of carbonyl (C=O) groups is 1. The Balaban J connectivity index is 1.53. The van der Waals surface area contributed by atoms with Gasteiger partial charge in [-0.05, 0) is 44.7 Å². The van der Waals surface area contributed by atoms with Gasteiger partial charge in [0.15, 0.2) is 0 Å². The van der Waals surface area contributed by atoms with Crippen LogP contribution in [0.3, 0.4) is 0 Å². The second kappa shape index (κ2) is 7.29. The minimum atomic E-state index is 0.160. The molecule has 1 aliphatic carbocycles. The predicted molar refractivity (Wildman–Crippen MR) is 78.2 cm³/mol. The molecule has 0 aromatic heterocycles. The monoisotopic (exact) mass is 260 g/mol. The molecule has 1 fully saturated rings. The minimum Gasteiger partial charge on any atom is -0.356 e. The van der Waals surface area contributed by atoms with E-state index in [0.717, 1.165) is 32.0 Å². The average Bonchev–Trinajstić information content (AvgIpc) is 3.20. The number of amides is 1. The Kier molecular flexibility index (Phi) is 5.40. The molecule has 0 bridgehead atoms. The summed E-state index contributed by atoms with van der Waals surface area (Å²) in [6.45, 7) is 3.88. The Labute approximate surface area is 115 Å². The van der Waals surface area contributed by atoms with Gasteiger partial charge in [0.1, 0.15) is 0 Å². The largest absolute Gasteiger partial charge is 0.356 e. The maximum absolute atomic E-state index is 11.7. The van der Waals surface area contributed by atoms with Gasteiger partial charge in [-0.2, -0.15) is 0 Å². The Morgan fingerprint density at radius 2 is 2.16 bits per heavy atom. The average molecular weight is 260 g/mol. The van der Waals surface area contributed by atoms with Gasteiger partial charge in [0.05, 0.1) is 0 Å². The van der Waals surface area contributed by atoms with Crippen molar-refractivity contribution in [3.63, 3.8) is 0 Å². The molecule has 1 aromatic rings. The van der Waals surface area contributed by atoms with Crippen molar-refractivity contribution in [1.29, 1.82) is 0 Å². The zero-order valence-corrected chi connectivity index (χ0v) is 11.7. The van der Waals surface area contributed by atoms with Crippen molar-refractivity contribution in [3.8, 4) is 0 Å². The molecule has 1 aliphatic rings. The fraction of sp³-hybridized carbons (Fsp3) is 0.562. The Hall–Kier alpha value is -1.35. The lowest BCUT2D eigenvalue weighted by Gasteiger charge is -2.06. The van der Waals surface area contributed by atoms with Crippen molar-refractivity contribution in [2.24, 2.45) is 0 Å². The van der Waals surface area contributed by atoms with Crippen LogP contribution >= 0.6 is 0 Å². The number of benzene rings is 1. The Morgan fingerprint density at radius 1 is 1.32 bits per heavy atom. The highest BCUT2D eigenvalue weighted by atomic mass is 16.1. The fourth-order valence-electron chi connectivity index (χ4n) is 2.12. The summed E-state index contributed by atoms with van der Waals surface area (Å²) in [6, 6.07) is 9.12.